The van der Waals surface area contributed by atoms with Gasteiger partial charge in [0.05, 0.1) is 17.1 Å². The van der Waals surface area contributed by atoms with Crippen LogP contribution in [0.5, 0.6) is 0 Å². The fourth-order valence-corrected chi connectivity index (χ4v) is 2.50. The van der Waals surface area contributed by atoms with Crippen LogP contribution in [-0.4, -0.2) is 30.6 Å². The van der Waals surface area contributed by atoms with E-state index in [4.69, 9.17) is 0 Å². The first-order chi connectivity index (χ1) is 4.41. The van der Waals surface area contributed by atoms with E-state index in [-0.39, 0.29) is 24.3 Å². The average molecular weight is 163 g/mol. The molecular formula is C6H11O3S. The topological polar surface area (TPSA) is 54.4 Å². The second-order valence-corrected chi connectivity index (χ2v) is 5.18. The molecule has 1 fully saturated rings. The molecule has 10 heavy (non-hydrogen) atoms. The van der Waals surface area contributed by atoms with E-state index in [9.17, 15) is 13.5 Å². The summed E-state index contributed by atoms with van der Waals surface area (Å²) in [6.07, 6.45) is 0.546. The van der Waals surface area contributed by atoms with E-state index in [0.29, 0.717) is 0 Å². The van der Waals surface area contributed by atoms with Gasteiger partial charge < -0.3 is 5.11 Å². The minimum atomic E-state index is -2.85. The molecule has 0 unspecified atom stereocenters. The smallest absolute Gasteiger partial charge is 0.150 e. The highest BCUT2D eigenvalue weighted by atomic mass is 32.2. The number of hydrogen-bond acceptors (Lipinski definition) is 3. The van der Waals surface area contributed by atoms with Crippen molar-refractivity contribution in [1.82, 2.24) is 0 Å². The van der Waals surface area contributed by atoms with E-state index in [1.165, 1.54) is 0 Å². The van der Waals surface area contributed by atoms with Gasteiger partial charge in [0.25, 0.3) is 0 Å². The van der Waals surface area contributed by atoms with E-state index >= 15 is 0 Å². The molecule has 0 aliphatic carbocycles. The van der Waals surface area contributed by atoms with Gasteiger partial charge in [-0.05, 0) is 19.8 Å². The predicted molar refractivity (Wildman–Crippen MR) is 38.2 cm³/mol. The number of rotatable bonds is 0. The lowest BCUT2D eigenvalue weighted by atomic mass is 10.0. The molecule has 0 aromatic heterocycles. The summed E-state index contributed by atoms with van der Waals surface area (Å²) >= 11 is 0. The summed E-state index contributed by atoms with van der Waals surface area (Å²) in [6.45, 7) is 3.49. The standard InChI is InChI=1S/C6H11O3S/c1-6(7)2-4-10(8,9)5-3-6/h7H,1-5H2. The fourth-order valence-electron chi connectivity index (χ4n) is 0.918. The molecule has 4 heteroatoms. The Morgan fingerprint density at radius 3 is 2.00 bits per heavy atom. The summed E-state index contributed by atoms with van der Waals surface area (Å²) in [5.41, 5.74) is -0.995. The number of sulfone groups is 1. The number of hydrogen-bond donors (Lipinski definition) is 1. The molecular weight excluding hydrogens is 152 g/mol. The Kier molecular flexibility index (Phi) is 1.76. The highest BCUT2D eigenvalue weighted by molar-refractivity contribution is 7.91. The lowest BCUT2D eigenvalue weighted by Gasteiger charge is -2.27. The van der Waals surface area contributed by atoms with Crippen LogP contribution in [-0.2, 0) is 9.84 Å². The summed E-state index contributed by atoms with van der Waals surface area (Å²) in [4.78, 5) is 0. The maximum absolute atomic E-state index is 10.8. The summed E-state index contributed by atoms with van der Waals surface area (Å²) in [7, 11) is -2.85. The van der Waals surface area contributed by atoms with E-state index in [0.717, 1.165) is 0 Å². The van der Waals surface area contributed by atoms with Crippen LogP contribution in [0.1, 0.15) is 12.8 Å². The SMILES string of the molecule is [CH2]C1(O)CCS(=O)(=O)CC1. The molecule has 0 amide bonds. The zero-order chi connectivity index (χ0) is 7.83. The van der Waals surface area contributed by atoms with Gasteiger partial charge in [0.2, 0.25) is 0 Å². The normalized spacial score (nSPS) is 29.8. The monoisotopic (exact) mass is 163 g/mol. The molecule has 0 bridgehead atoms. The molecule has 1 radical (unpaired) electrons. The summed E-state index contributed by atoms with van der Waals surface area (Å²) in [5, 5.41) is 9.23. The van der Waals surface area contributed by atoms with Crippen LogP contribution in [0.2, 0.25) is 0 Å². The summed E-state index contributed by atoms with van der Waals surface area (Å²) < 4.78 is 21.6. The van der Waals surface area contributed by atoms with Crippen LogP contribution in [0.4, 0.5) is 0 Å². The Labute approximate surface area is 61.0 Å². The van der Waals surface area contributed by atoms with Gasteiger partial charge in [-0.2, -0.15) is 0 Å². The zero-order valence-electron chi connectivity index (χ0n) is 5.71. The Morgan fingerprint density at radius 1 is 1.30 bits per heavy atom. The van der Waals surface area contributed by atoms with E-state index in [1.807, 2.05) is 0 Å². The van der Waals surface area contributed by atoms with Gasteiger partial charge in [-0.3, -0.25) is 0 Å². The van der Waals surface area contributed by atoms with Gasteiger partial charge in [0, 0.05) is 0 Å². The third-order valence-electron chi connectivity index (χ3n) is 1.76. The molecule has 0 saturated carbocycles. The first-order valence-corrected chi connectivity index (χ1v) is 5.02. The Bertz CT molecular complexity index is 199. The molecule has 1 N–H and O–H groups in total. The molecule has 1 aliphatic heterocycles. The van der Waals surface area contributed by atoms with Gasteiger partial charge in [-0.1, -0.05) is 0 Å². The lowest BCUT2D eigenvalue weighted by molar-refractivity contribution is 0.0775. The molecule has 0 spiro atoms. The molecule has 59 valence electrons. The van der Waals surface area contributed by atoms with Crippen molar-refractivity contribution in [2.45, 2.75) is 18.4 Å². The van der Waals surface area contributed by atoms with E-state index < -0.39 is 15.4 Å². The van der Waals surface area contributed by atoms with E-state index in [2.05, 4.69) is 6.92 Å². The van der Waals surface area contributed by atoms with Crippen molar-refractivity contribution in [3.8, 4) is 0 Å². The molecule has 1 rings (SSSR count). The molecule has 0 aromatic rings. The highest BCUT2D eigenvalue weighted by Gasteiger charge is 2.30. The molecule has 3 nitrogen and oxygen atoms in total. The second kappa shape index (κ2) is 2.20. The maximum Gasteiger partial charge on any atom is 0.150 e. The Morgan fingerprint density at radius 2 is 1.70 bits per heavy atom. The molecule has 1 aliphatic rings. The van der Waals surface area contributed by atoms with Gasteiger partial charge >= 0.3 is 0 Å². The largest absolute Gasteiger partial charge is 0.390 e. The van der Waals surface area contributed by atoms with Crippen molar-refractivity contribution < 1.29 is 13.5 Å². The van der Waals surface area contributed by atoms with Crippen LogP contribution in [0, 0.1) is 6.92 Å². The second-order valence-electron chi connectivity index (χ2n) is 2.88. The van der Waals surface area contributed by atoms with Crippen LogP contribution in [0.3, 0.4) is 0 Å². The van der Waals surface area contributed by atoms with Crippen molar-refractivity contribution in [3.05, 3.63) is 6.92 Å². The quantitative estimate of drug-likeness (QED) is 0.536. The third-order valence-corrected chi connectivity index (χ3v) is 3.41. The van der Waals surface area contributed by atoms with E-state index in [1.54, 1.807) is 0 Å². The molecule has 1 saturated heterocycles. The fraction of sp³-hybridized carbons (Fsp3) is 0.833. The first-order valence-electron chi connectivity index (χ1n) is 3.19. The van der Waals surface area contributed by atoms with Gasteiger partial charge in [-0.25, -0.2) is 8.42 Å². The highest BCUT2D eigenvalue weighted by Crippen LogP contribution is 2.21. The maximum atomic E-state index is 10.8. The van der Waals surface area contributed by atoms with Crippen LogP contribution < -0.4 is 0 Å². The molecule has 1 heterocycles. The first kappa shape index (κ1) is 8.01. The van der Waals surface area contributed by atoms with Crippen molar-refractivity contribution in [2.24, 2.45) is 0 Å². The molecule has 0 aromatic carbocycles. The number of aliphatic hydroxyl groups is 1. The van der Waals surface area contributed by atoms with Crippen LogP contribution >= 0.6 is 0 Å². The average Bonchev–Trinajstić information content (AvgIpc) is 1.79. The predicted octanol–water partition coefficient (Wildman–Crippen LogP) is -0.240. The minimum Gasteiger partial charge on any atom is -0.390 e. The van der Waals surface area contributed by atoms with Gasteiger partial charge in [0.1, 0.15) is 0 Å². The zero-order valence-corrected chi connectivity index (χ0v) is 6.52. The van der Waals surface area contributed by atoms with Crippen LogP contribution in [0.25, 0.3) is 0 Å². The Hall–Kier alpha value is -0.0900. The minimum absolute atomic E-state index is 0.0764. The van der Waals surface area contributed by atoms with Gasteiger partial charge in [0.15, 0.2) is 9.84 Å². The summed E-state index contributed by atoms with van der Waals surface area (Å²) in [6, 6.07) is 0. The van der Waals surface area contributed by atoms with Crippen molar-refractivity contribution in [1.29, 1.82) is 0 Å². The van der Waals surface area contributed by atoms with Crippen molar-refractivity contribution in [3.63, 3.8) is 0 Å². The van der Waals surface area contributed by atoms with Gasteiger partial charge in [-0.15, -0.1) is 0 Å². The molecule has 0 atom stereocenters. The third kappa shape index (κ3) is 1.95. The van der Waals surface area contributed by atoms with Crippen molar-refractivity contribution in [2.75, 3.05) is 11.5 Å². The Balaban J connectivity index is 2.63. The van der Waals surface area contributed by atoms with Crippen molar-refractivity contribution >= 4 is 9.84 Å². The summed E-state index contributed by atoms with van der Waals surface area (Å²) in [5.74, 6) is 0.153. The lowest BCUT2D eigenvalue weighted by Crippen LogP contribution is -2.36. The van der Waals surface area contributed by atoms with Crippen LogP contribution in [0.15, 0.2) is 0 Å².